The van der Waals surface area contributed by atoms with E-state index in [0.717, 1.165) is 24.3 Å². The third-order valence-corrected chi connectivity index (χ3v) is 4.99. The molecule has 0 bridgehead atoms. The standard InChI is InChI=1S/C24H18F6N2O2/c1-13-3-9-17(19(11-13)23(25,26)27)18-10-8-16(12-20(18)24(28,29)30)32-22(34)15-6-4-14(5-7-15)21(33)31-2/h3-12H,1-2H3,(H,31,33)(H,32,34). The number of benzene rings is 3. The molecule has 3 aromatic rings. The molecule has 10 heteroatoms. The van der Waals surface area contributed by atoms with Crippen LogP contribution in [0.2, 0.25) is 0 Å². The van der Waals surface area contributed by atoms with Crippen LogP contribution >= 0.6 is 0 Å². The van der Waals surface area contributed by atoms with Gasteiger partial charge in [-0.15, -0.1) is 0 Å². The summed E-state index contributed by atoms with van der Waals surface area (Å²) in [5.41, 5.74) is -3.45. The number of aryl methyl sites for hydroxylation is 1. The minimum Gasteiger partial charge on any atom is -0.355 e. The molecule has 4 nitrogen and oxygen atoms in total. The zero-order valence-electron chi connectivity index (χ0n) is 17.9. The Morgan fingerprint density at radius 1 is 0.676 bits per heavy atom. The van der Waals surface area contributed by atoms with Crippen LogP contribution in [-0.2, 0) is 12.4 Å². The van der Waals surface area contributed by atoms with Gasteiger partial charge in [0.2, 0.25) is 0 Å². The summed E-state index contributed by atoms with van der Waals surface area (Å²) in [7, 11) is 1.43. The second-order valence-electron chi connectivity index (χ2n) is 7.42. The van der Waals surface area contributed by atoms with Crippen molar-refractivity contribution in [2.75, 3.05) is 12.4 Å². The van der Waals surface area contributed by atoms with Crippen molar-refractivity contribution in [1.29, 1.82) is 0 Å². The Morgan fingerprint density at radius 2 is 1.15 bits per heavy atom. The molecule has 0 aliphatic carbocycles. The van der Waals surface area contributed by atoms with Crippen LogP contribution in [-0.4, -0.2) is 18.9 Å². The quantitative estimate of drug-likeness (QED) is 0.430. The van der Waals surface area contributed by atoms with Gasteiger partial charge in [0.25, 0.3) is 11.8 Å². The van der Waals surface area contributed by atoms with Crippen LogP contribution in [0.25, 0.3) is 11.1 Å². The van der Waals surface area contributed by atoms with Gasteiger partial charge in [-0.1, -0.05) is 23.8 Å². The number of rotatable bonds is 4. The number of anilines is 1. The Labute approximate surface area is 190 Å². The average molecular weight is 480 g/mol. The molecule has 0 saturated heterocycles. The average Bonchev–Trinajstić information content (AvgIpc) is 2.77. The Balaban J connectivity index is 2.00. The van der Waals surface area contributed by atoms with E-state index in [9.17, 15) is 35.9 Å². The summed E-state index contributed by atoms with van der Waals surface area (Å²) >= 11 is 0. The third kappa shape index (κ3) is 5.38. The molecular formula is C24H18F6N2O2. The van der Waals surface area contributed by atoms with Crippen LogP contribution in [0.4, 0.5) is 32.0 Å². The van der Waals surface area contributed by atoms with Gasteiger partial charge in [0.1, 0.15) is 0 Å². The smallest absolute Gasteiger partial charge is 0.355 e. The Morgan fingerprint density at radius 3 is 1.65 bits per heavy atom. The summed E-state index contributed by atoms with van der Waals surface area (Å²) in [4.78, 5) is 24.0. The summed E-state index contributed by atoms with van der Waals surface area (Å²) in [5, 5.41) is 4.71. The van der Waals surface area contributed by atoms with Gasteiger partial charge in [0.05, 0.1) is 11.1 Å². The predicted octanol–water partition coefficient (Wildman–Crippen LogP) is 6.31. The number of carbonyl (C=O) groups is 2. The van der Waals surface area contributed by atoms with E-state index in [4.69, 9.17) is 0 Å². The maximum Gasteiger partial charge on any atom is 0.417 e. The van der Waals surface area contributed by atoms with E-state index in [1.807, 2.05) is 0 Å². The highest BCUT2D eigenvalue weighted by molar-refractivity contribution is 6.05. The van der Waals surface area contributed by atoms with Gasteiger partial charge in [-0.2, -0.15) is 26.3 Å². The molecule has 3 aromatic carbocycles. The molecule has 0 atom stereocenters. The highest BCUT2D eigenvalue weighted by atomic mass is 19.4. The van der Waals surface area contributed by atoms with E-state index >= 15 is 0 Å². The number of carbonyl (C=O) groups excluding carboxylic acids is 2. The minimum atomic E-state index is -4.99. The Bertz CT molecular complexity index is 1230. The summed E-state index contributed by atoms with van der Waals surface area (Å²) < 4.78 is 82.0. The summed E-state index contributed by atoms with van der Waals surface area (Å²) in [6, 6.07) is 11.0. The molecule has 0 aromatic heterocycles. The van der Waals surface area contributed by atoms with E-state index in [-0.39, 0.29) is 28.3 Å². The van der Waals surface area contributed by atoms with E-state index < -0.39 is 40.5 Å². The molecule has 34 heavy (non-hydrogen) atoms. The van der Waals surface area contributed by atoms with Gasteiger partial charge < -0.3 is 10.6 Å². The first-order valence-electron chi connectivity index (χ1n) is 9.84. The Kier molecular flexibility index (Phi) is 6.72. The zero-order chi connectivity index (χ0) is 25.3. The molecular weight excluding hydrogens is 462 g/mol. The summed E-state index contributed by atoms with van der Waals surface area (Å²) in [6.07, 6.45) is -9.85. The minimum absolute atomic E-state index is 0.0724. The fraction of sp³-hybridized carbons (Fsp3) is 0.167. The van der Waals surface area contributed by atoms with Gasteiger partial charge in [-0.25, -0.2) is 0 Å². The normalized spacial score (nSPS) is 11.8. The number of amides is 2. The largest absolute Gasteiger partial charge is 0.417 e. The van der Waals surface area contributed by atoms with Crippen molar-refractivity contribution in [2.45, 2.75) is 19.3 Å². The van der Waals surface area contributed by atoms with Crippen molar-refractivity contribution in [3.8, 4) is 11.1 Å². The topological polar surface area (TPSA) is 58.2 Å². The molecule has 0 aliphatic heterocycles. The second-order valence-corrected chi connectivity index (χ2v) is 7.42. The molecule has 0 unspecified atom stereocenters. The molecule has 2 amide bonds. The van der Waals surface area contributed by atoms with Crippen LogP contribution in [0.3, 0.4) is 0 Å². The van der Waals surface area contributed by atoms with Crippen molar-refractivity contribution in [1.82, 2.24) is 5.32 Å². The lowest BCUT2D eigenvalue weighted by Crippen LogP contribution is -2.18. The van der Waals surface area contributed by atoms with Crippen LogP contribution < -0.4 is 10.6 Å². The third-order valence-electron chi connectivity index (χ3n) is 4.99. The molecule has 2 N–H and O–H groups in total. The van der Waals surface area contributed by atoms with Crippen LogP contribution in [0, 0.1) is 6.92 Å². The lowest BCUT2D eigenvalue weighted by molar-refractivity contribution is -0.139. The molecule has 0 fully saturated rings. The Hall–Kier alpha value is -3.82. The summed E-state index contributed by atoms with van der Waals surface area (Å²) in [6.45, 7) is 1.41. The molecule has 0 spiro atoms. The van der Waals surface area contributed by atoms with E-state index in [2.05, 4.69) is 10.6 Å². The lowest BCUT2D eigenvalue weighted by Gasteiger charge is -2.19. The van der Waals surface area contributed by atoms with Gasteiger partial charge in [-0.3, -0.25) is 9.59 Å². The van der Waals surface area contributed by atoms with Crippen LogP contribution in [0.1, 0.15) is 37.4 Å². The summed E-state index contributed by atoms with van der Waals surface area (Å²) in [5.74, 6) is -1.14. The molecule has 0 aliphatic rings. The second kappa shape index (κ2) is 9.20. The van der Waals surface area contributed by atoms with Gasteiger partial charge in [-0.05, 0) is 60.5 Å². The maximum absolute atomic E-state index is 13.8. The van der Waals surface area contributed by atoms with Crippen molar-refractivity contribution in [2.24, 2.45) is 0 Å². The number of hydrogen-bond donors (Lipinski definition) is 2. The molecule has 0 radical (unpaired) electrons. The number of nitrogens with one attached hydrogen (secondary N) is 2. The number of halogens is 6. The maximum atomic E-state index is 13.8. The first-order chi connectivity index (χ1) is 15.8. The van der Waals surface area contributed by atoms with Crippen molar-refractivity contribution >= 4 is 17.5 Å². The van der Waals surface area contributed by atoms with Gasteiger partial charge >= 0.3 is 12.4 Å². The van der Waals surface area contributed by atoms with E-state index in [1.54, 1.807) is 0 Å². The molecule has 0 heterocycles. The van der Waals surface area contributed by atoms with E-state index in [0.29, 0.717) is 6.07 Å². The van der Waals surface area contributed by atoms with Crippen molar-refractivity contribution in [3.05, 3.63) is 88.5 Å². The van der Waals surface area contributed by atoms with E-state index in [1.165, 1.54) is 44.3 Å². The molecule has 3 rings (SSSR count). The number of alkyl halides is 6. The first kappa shape index (κ1) is 24.8. The fourth-order valence-electron chi connectivity index (χ4n) is 3.34. The molecule has 0 saturated carbocycles. The predicted molar refractivity (Wildman–Crippen MR) is 114 cm³/mol. The van der Waals surface area contributed by atoms with Crippen LogP contribution in [0.15, 0.2) is 60.7 Å². The van der Waals surface area contributed by atoms with Crippen LogP contribution in [0.5, 0.6) is 0 Å². The van der Waals surface area contributed by atoms with Gasteiger partial charge in [0, 0.05) is 23.9 Å². The highest BCUT2D eigenvalue weighted by Gasteiger charge is 2.38. The first-order valence-corrected chi connectivity index (χ1v) is 9.84. The zero-order valence-corrected chi connectivity index (χ0v) is 17.9. The number of hydrogen-bond acceptors (Lipinski definition) is 2. The van der Waals surface area contributed by atoms with Crippen molar-refractivity contribution < 1.29 is 35.9 Å². The lowest BCUT2D eigenvalue weighted by atomic mass is 9.93. The monoisotopic (exact) mass is 480 g/mol. The fourth-order valence-corrected chi connectivity index (χ4v) is 3.34. The SMILES string of the molecule is CNC(=O)c1ccc(C(=O)Nc2ccc(-c3ccc(C)cc3C(F)(F)F)c(C(F)(F)F)c2)cc1. The van der Waals surface area contributed by atoms with Gasteiger partial charge in [0.15, 0.2) is 0 Å². The van der Waals surface area contributed by atoms with Crippen molar-refractivity contribution in [3.63, 3.8) is 0 Å². The highest BCUT2D eigenvalue weighted by Crippen LogP contribution is 2.43. The molecule has 178 valence electrons.